The number of carboxylic acid groups (broad SMARTS) is 1. The largest absolute Gasteiger partial charge is 1.00 e. The van der Waals surface area contributed by atoms with E-state index in [0.29, 0.717) is 52.2 Å². The Labute approximate surface area is 666 Å². The Morgan fingerprint density at radius 3 is 1.46 bits per heavy atom. The molecule has 13 N–H and O–H groups in total. The zero-order valence-electron chi connectivity index (χ0n) is 53.7. The van der Waals surface area contributed by atoms with Gasteiger partial charge in [0.15, 0.2) is 11.4 Å². The number of aryl methyl sites for hydroxylation is 1. The number of Topliss-reactive ketones (excluding diaryl/α,β-unsaturated/α-hetero) is 1. The van der Waals surface area contributed by atoms with Crippen LogP contribution in [0, 0.1) is 17.5 Å². The minimum Gasteiger partial charge on any atom is -1.00 e. The van der Waals surface area contributed by atoms with Crippen LogP contribution in [-0.2, 0) is 66.3 Å². The second-order valence-electron chi connectivity index (χ2n) is 19.9. The number of aromatic nitrogens is 4. The van der Waals surface area contributed by atoms with Gasteiger partial charge in [-0.25, -0.2) is 13.2 Å². The first-order chi connectivity index (χ1) is 44.2. The molecule has 0 unspecified atom stereocenters. The molecule has 0 aliphatic carbocycles. The quantitative estimate of drug-likeness (QED) is 0.0109. The van der Waals surface area contributed by atoms with E-state index in [2.05, 4.69) is 31.0 Å². The Morgan fingerprint density at radius 1 is 0.660 bits per heavy atom. The van der Waals surface area contributed by atoms with Crippen LogP contribution in [-0.4, -0.2) is 150 Å². The molecule has 7 aromatic rings. The summed E-state index contributed by atoms with van der Waals surface area (Å²) < 4.78 is 43.5. The second kappa shape index (κ2) is 52.9. The van der Waals surface area contributed by atoms with Crippen LogP contribution in [0.5, 0.6) is 0 Å². The van der Waals surface area contributed by atoms with Crippen molar-refractivity contribution in [1.29, 1.82) is 0 Å². The molecule has 0 fully saturated rings. The first kappa shape index (κ1) is 96.2. The van der Waals surface area contributed by atoms with Crippen molar-refractivity contribution in [3.05, 3.63) is 164 Å². The predicted octanol–water partition coefficient (Wildman–Crippen LogP) is 0.282. The number of halogens is 7. The van der Waals surface area contributed by atoms with Gasteiger partial charge in [-0.1, -0.05) is 122 Å². The third-order valence-electron chi connectivity index (χ3n) is 12.7. The monoisotopic (exact) mass is 1490 g/mol. The van der Waals surface area contributed by atoms with Crippen LogP contribution in [0.1, 0.15) is 100 Å². The van der Waals surface area contributed by atoms with Crippen molar-refractivity contribution in [3.8, 4) is 0 Å². The van der Waals surface area contributed by atoms with Crippen LogP contribution < -0.4 is 141 Å². The third-order valence-corrected chi connectivity index (χ3v) is 13.9. The van der Waals surface area contributed by atoms with Gasteiger partial charge in [0.05, 0.1) is 45.1 Å². The van der Waals surface area contributed by atoms with E-state index in [9.17, 15) is 51.8 Å². The van der Waals surface area contributed by atoms with Gasteiger partial charge >= 0.3 is 109 Å². The molecule has 34 heteroatoms. The number of carbonyl (C=O) groups excluding carboxylic acids is 7. The third kappa shape index (κ3) is 35.2. The molecular weight excluding hydrogens is 1410 g/mol. The number of aliphatic hydroxyl groups excluding tert-OH is 3. The SMILES string of the molecule is C.C.C[C@@H](CCO)N(CC(=O)NCc1cccc(Cl)c1F)C(=O)Cn1nc(C(N)=O)c2ccccc21.C[C@@H](CCO)NCC(=O)NCc1cccc(Cl)c1F.C[C@H](N)CCO.NC(=O)c1nn(CC(=O)O)c2ccccc12.O=C(CCl)CCc1cccc(Cl)c1F.O=CO[O-].[H-].[K+].[K+]. The molecule has 7 rings (SSSR count). The van der Waals surface area contributed by atoms with Crippen LogP contribution in [0.4, 0.5) is 13.2 Å². The number of carbonyl (C=O) groups is 8. The Balaban J connectivity index is -0.000000594. The second-order valence-corrected chi connectivity index (χ2v) is 21.4. The summed E-state index contributed by atoms with van der Waals surface area (Å²) >= 11 is 22.3. The van der Waals surface area contributed by atoms with Crippen LogP contribution in [0.3, 0.4) is 0 Å². The number of ketones is 1. The number of para-hydroxylation sites is 2. The van der Waals surface area contributed by atoms with Crippen molar-refractivity contribution < 1.29 is 186 Å². The van der Waals surface area contributed by atoms with Crippen molar-refractivity contribution in [2.24, 2.45) is 17.2 Å². The van der Waals surface area contributed by atoms with E-state index in [4.69, 9.17) is 89.0 Å². The number of primary amides is 2. The van der Waals surface area contributed by atoms with Gasteiger partial charge in [0, 0.05) is 79.4 Å². The number of fused-ring (bicyclic) bond motifs is 2. The van der Waals surface area contributed by atoms with Crippen LogP contribution in [0.2, 0.25) is 15.1 Å². The maximum Gasteiger partial charge on any atom is 1.00 e. The molecule has 0 bridgehead atoms. The zero-order chi connectivity index (χ0) is 69.7. The molecule has 97 heavy (non-hydrogen) atoms. The molecule has 0 aliphatic heterocycles. The molecule has 524 valence electrons. The van der Waals surface area contributed by atoms with Crippen molar-refractivity contribution in [2.45, 2.75) is 112 Å². The standard InChI is InChI=1S/C23H25ClFN5O4.C13H18ClFN2O2.C10H9Cl2FO.C10H9N3O3.C4H11NO.CH2O3.2CH4.2K.H/c1-14(9-10-31)29(12-19(32)27-11-15-5-4-7-17(24)21(15)25)20(33)13-30-18-8-3-2-6-16(18)22(28-30)23(26)34;1-9(5-6-18)16-8-12(19)17-7-10-3-2-4-11(14)13(10)15;11-6-8(14)5-4-7-2-1-3-9(12)10(7)13;11-10(16)9-6-3-1-2-4-7(6)13(12-9)5-8(14)15;1-4(5)2-3-6;2-1-4-3;;;;;/h2-8,14,31H,9-13H2,1H3,(H2,26,34)(H,27,32);2-4,9,16,18H,5-8H2,1H3,(H,17,19);1-3H,4-6H2;1-4H,5H2,(H2,11,16)(H,14,15);4,6H,2-3,5H2,1H3;1,3H;2*1H4;;;/q;;;;;;;;2*+1;-1/p-1/t14-;9-;;;4-;;;;;;/m00..0....../s1. The fraction of sp³-hybridized carbons (Fsp3) is 0.365. The maximum atomic E-state index is 14.1. The van der Waals surface area contributed by atoms with Crippen molar-refractivity contribution in [3.63, 3.8) is 0 Å². The Bertz CT molecular complexity index is 3590. The molecule has 0 spiro atoms. The number of alkyl halides is 1. The van der Waals surface area contributed by atoms with E-state index in [-0.39, 0.29) is 259 Å². The Kier molecular flexibility index (Phi) is 52.5. The number of aliphatic carboxylic acids is 1. The number of hydrogen-bond acceptors (Lipinski definition) is 17. The Hall–Kier alpha value is -5.02. The van der Waals surface area contributed by atoms with Crippen molar-refractivity contribution >= 4 is 116 Å². The van der Waals surface area contributed by atoms with Gasteiger partial charge in [-0.3, -0.25) is 47.7 Å². The van der Waals surface area contributed by atoms with Gasteiger partial charge in [-0.05, 0) is 82.3 Å². The normalized spacial score (nSPS) is 10.9. The summed E-state index contributed by atoms with van der Waals surface area (Å²) in [7, 11) is 0. The molecule has 0 saturated heterocycles. The molecule has 3 atom stereocenters. The summed E-state index contributed by atoms with van der Waals surface area (Å²) in [6.45, 7) is 4.62. The average Bonchev–Trinajstić information content (AvgIpc) is 1.65. The number of amides is 5. The van der Waals surface area contributed by atoms with Crippen LogP contribution in [0.25, 0.3) is 21.8 Å². The molecule has 25 nitrogen and oxygen atoms in total. The van der Waals surface area contributed by atoms with Gasteiger partial charge in [-0.15, -0.1) is 11.6 Å². The number of benzene rings is 5. The van der Waals surface area contributed by atoms with E-state index in [1.165, 1.54) is 38.5 Å². The number of nitrogens with two attached hydrogens (primary N) is 3. The number of hydrogen-bond donors (Lipinski definition) is 10. The summed E-state index contributed by atoms with van der Waals surface area (Å²) in [6.07, 6.45) is 2.13. The smallest absolute Gasteiger partial charge is 1.00 e. The van der Waals surface area contributed by atoms with E-state index >= 15 is 0 Å². The van der Waals surface area contributed by atoms with Gasteiger partial charge in [0.1, 0.15) is 36.3 Å². The number of nitrogens with zero attached hydrogens (tertiary/aromatic N) is 5. The summed E-state index contributed by atoms with van der Waals surface area (Å²) in [5.41, 5.74) is 18.1. The van der Waals surface area contributed by atoms with Crippen molar-refractivity contribution in [1.82, 2.24) is 40.4 Å². The van der Waals surface area contributed by atoms with Gasteiger partial charge in [0.2, 0.25) is 17.7 Å². The number of aliphatic hydroxyl groups is 3. The van der Waals surface area contributed by atoms with E-state index in [1.807, 2.05) is 13.8 Å². The fourth-order valence-corrected chi connectivity index (χ4v) is 8.63. The molecule has 5 aromatic carbocycles. The molecule has 5 amide bonds. The summed E-state index contributed by atoms with van der Waals surface area (Å²) in [5.74, 6) is -5.30. The van der Waals surface area contributed by atoms with E-state index in [0.717, 1.165) is 0 Å². The van der Waals surface area contributed by atoms with Crippen molar-refractivity contribution in [2.75, 3.05) is 38.8 Å². The predicted molar refractivity (Wildman–Crippen MR) is 355 cm³/mol. The molecule has 2 aromatic heterocycles. The Morgan fingerprint density at radius 2 is 1.07 bits per heavy atom. The molecule has 0 radical (unpaired) electrons. The molecule has 0 saturated carbocycles. The van der Waals surface area contributed by atoms with Crippen LogP contribution in [0.15, 0.2) is 103 Å². The first-order valence-electron chi connectivity index (χ1n) is 28.2. The maximum absolute atomic E-state index is 14.1. The van der Waals surface area contributed by atoms with E-state index < -0.39 is 53.1 Å². The summed E-state index contributed by atoms with van der Waals surface area (Å²) in [4.78, 5) is 94.2. The fourth-order valence-electron chi connectivity index (χ4n) is 7.92. The minimum absolute atomic E-state index is 0. The topological polar surface area (TPSA) is 403 Å². The first-order valence-corrected chi connectivity index (χ1v) is 29.8. The van der Waals surface area contributed by atoms with Gasteiger partial charge in [0.25, 0.3) is 18.3 Å². The average molecular weight is 1490 g/mol. The number of rotatable bonds is 27. The summed E-state index contributed by atoms with van der Waals surface area (Å²) in [6, 6.07) is 27.3. The van der Waals surface area contributed by atoms with Crippen LogP contribution >= 0.6 is 46.4 Å². The minimum atomic E-state index is -1.02. The molecule has 0 aliphatic rings. The van der Waals surface area contributed by atoms with E-state index in [1.54, 1.807) is 85.8 Å². The number of nitrogens with one attached hydrogen (secondary N) is 3. The molecular formula is C63H82Cl4F3K2N11O14. The number of carboxylic acids is 1. The zero-order valence-corrected chi connectivity index (χ0v) is 62.0. The summed E-state index contributed by atoms with van der Waals surface area (Å²) in [5, 5.41) is 60.7. The van der Waals surface area contributed by atoms with Gasteiger partial charge < -0.3 is 70.0 Å². The molecule has 2 heterocycles. The van der Waals surface area contributed by atoms with Gasteiger partial charge in [-0.2, -0.15) is 10.2 Å².